The summed E-state index contributed by atoms with van der Waals surface area (Å²) in [5, 5.41) is 9.79. The molecule has 0 saturated carbocycles. The minimum atomic E-state index is 0.0649. The van der Waals surface area contributed by atoms with E-state index in [-0.39, 0.29) is 11.7 Å². The van der Waals surface area contributed by atoms with E-state index >= 15 is 0 Å². The van der Waals surface area contributed by atoms with Gasteiger partial charge in [-0.2, -0.15) is 0 Å². The number of hydrogen-bond donors (Lipinski definition) is 1. The van der Waals surface area contributed by atoms with Crippen LogP contribution >= 0.6 is 0 Å². The van der Waals surface area contributed by atoms with Gasteiger partial charge in [0.15, 0.2) is 0 Å². The summed E-state index contributed by atoms with van der Waals surface area (Å²) in [5.41, 5.74) is 1.32. The Kier molecular flexibility index (Phi) is 3.89. The molecule has 2 heterocycles. The lowest BCUT2D eigenvalue weighted by atomic mass is 9.84. The highest BCUT2D eigenvalue weighted by atomic mass is 16.3. The van der Waals surface area contributed by atoms with Crippen LogP contribution in [-0.4, -0.2) is 53.5 Å². The predicted molar refractivity (Wildman–Crippen MR) is 82.5 cm³/mol. The van der Waals surface area contributed by atoms with Gasteiger partial charge in [0.1, 0.15) is 5.75 Å². The van der Waals surface area contributed by atoms with Crippen LogP contribution in [0.15, 0.2) is 18.2 Å². The number of piperidine rings is 2. The van der Waals surface area contributed by atoms with Crippen LogP contribution < -0.4 is 0 Å². The number of hydrogen-bond acceptors (Lipinski definition) is 3. The molecule has 0 bridgehead atoms. The molecule has 2 aliphatic heterocycles. The number of nitrogens with zero attached hydrogens (tertiary/aromatic N) is 2. The molecule has 4 heteroatoms. The van der Waals surface area contributed by atoms with E-state index in [0.29, 0.717) is 23.1 Å². The monoisotopic (exact) mass is 288 g/mol. The van der Waals surface area contributed by atoms with Crippen LogP contribution in [0.25, 0.3) is 0 Å². The van der Waals surface area contributed by atoms with Crippen molar-refractivity contribution in [3.8, 4) is 5.75 Å². The first-order valence-electron chi connectivity index (χ1n) is 7.86. The third-order valence-electron chi connectivity index (χ3n) is 5.17. The molecule has 0 aliphatic carbocycles. The van der Waals surface area contributed by atoms with E-state index in [4.69, 9.17) is 0 Å². The van der Waals surface area contributed by atoms with Crippen molar-refractivity contribution in [2.75, 3.05) is 26.7 Å². The third kappa shape index (κ3) is 2.64. The van der Waals surface area contributed by atoms with Gasteiger partial charge in [0.05, 0.1) is 0 Å². The fourth-order valence-electron chi connectivity index (χ4n) is 3.86. The van der Waals surface area contributed by atoms with E-state index in [2.05, 4.69) is 11.9 Å². The molecule has 2 aliphatic rings. The SMILES string of the molecule is Cc1c(O)cccc1C(=O)N1CCC2C(CCCN2C)C1. The molecule has 0 spiro atoms. The molecular weight excluding hydrogens is 264 g/mol. The van der Waals surface area contributed by atoms with Crippen molar-refractivity contribution in [2.24, 2.45) is 5.92 Å². The topological polar surface area (TPSA) is 43.8 Å². The zero-order valence-corrected chi connectivity index (χ0v) is 12.9. The Bertz CT molecular complexity index is 544. The third-order valence-corrected chi connectivity index (χ3v) is 5.17. The molecule has 2 saturated heterocycles. The summed E-state index contributed by atoms with van der Waals surface area (Å²) in [6.45, 7) is 4.66. The van der Waals surface area contributed by atoms with Crippen LogP contribution in [-0.2, 0) is 0 Å². The number of aromatic hydroxyl groups is 1. The van der Waals surface area contributed by atoms with E-state index in [9.17, 15) is 9.90 Å². The normalized spacial score (nSPS) is 26.5. The first kappa shape index (κ1) is 14.4. The maximum atomic E-state index is 12.7. The number of benzene rings is 1. The fourth-order valence-corrected chi connectivity index (χ4v) is 3.86. The first-order chi connectivity index (χ1) is 10.1. The first-order valence-corrected chi connectivity index (χ1v) is 7.86. The second-order valence-electron chi connectivity index (χ2n) is 6.44. The number of fused-ring (bicyclic) bond motifs is 1. The lowest BCUT2D eigenvalue weighted by Crippen LogP contribution is -2.53. The molecular formula is C17H24N2O2. The highest BCUT2D eigenvalue weighted by Gasteiger charge is 2.36. The Hall–Kier alpha value is -1.55. The average molecular weight is 288 g/mol. The van der Waals surface area contributed by atoms with E-state index in [1.807, 2.05) is 17.9 Å². The lowest BCUT2D eigenvalue weighted by molar-refractivity contribution is 0.0316. The molecule has 3 rings (SSSR count). The van der Waals surface area contributed by atoms with E-state index in [0.717, 1.165) is 19.5 Å². The number of likely N-dealkylation sites (tertiary alicyclic amines) is 2. The standard InChI is InChI=1S/C17H24N2O2/c1-12-14(6-3-7-16(12)20)17(21)19-10-8-15-13(11-19)5-4-9-18(15)2/h3,6-7,13,15,20H,4-5,8-11H2,1-2H3. The number of amides is 1. The average Bonchev–Trinajstić information content (AvgIpc) is 2.49. The Balaban J connectivity index is 1.76. The molecule has 0 aromatic heterocycles. The second-order valence-corrected chi connectivity index (χ2v) is 6.44. The summed E-state index contributed by atoms with van der Waals surface area (Å²) < 4.78 is 0. The Morgan fingerprint density at radius 3 is 2.90 bits per heavy atom. The number of rotatable bonds is 1. The largest absolute Gasteiger partial charge is 0.508 e. The quantitative estimate of drug-likeness (QED) is 0.862. The fraction of sp³-hybridized carbons (Fsp3) is 0.588. The van der Waals surface area contributed by atoms with Crippen molar-refractivity contribution in [1.29, 1.82) is 0 Å². The highest BCUT2D eigenvalue weighted by molar-refractivity contribution is 5.96. The van der Waals surface area contributed by atoms with Crippen molar-refractivity contribution in [1.82, 2.24) is 9.80 Å². The number of phenols is 1. The van der Waals surface area contributed by atoms with Gasteiger partial charge in [-0.1, -0.05) is 6.07 Å². The number of phenolic OH excluding ortho intramolecular Hbond substituents is 1. The van der Waals surface area contributed by atoms with Gasteiger partial charge in [0, 0.05) is 30.3 Å². The molecule has 1 N–H and O–H groups in total. The summed E-state index contributed by atoms with van der Waals surface area (Å²) in [7, 11) is 2.20. The van der Waals surface area contributed by atoms with Crippen LogP contribution in [0.3, 0.4) is 0 Å². The predicted octanol–water partition coefficient (Wildman–Crippen LogP) is 2.26. The number of carbonyl (C=O) groups is 1. The smallest absolute Gasteiger partial charge is 0.254 e. The van der Waals surface area contributed by atoms with Crippen molar-refractivity contribution >= 4 is 5.91 Å². The van der Waals surface area contributed by atoms with Gasteiger partial charge in [0.2, 0.25) is 0 Å². The molecule has 2 fully saturated rings. The molecule has 0 radical (unpaired) electrons. The van der Waals surface area contributed by atoms with Crippen LogP contribution in [0.2, 0.25) is 0 Å². The molecule has 1 aromatic rings. The van der Waals surface area contributed by atoms with Crippen LogP contribution in [0, 0.1) is 12.8 Å². The lowest BCUT2D eigenvalue weighted by Gasteiger charge is -2.46. The van der Waals surface area contributed by atoms with Gasteiger partial charge in [0.25, 0.3) is 5.91 Å². The molecule has 2 atom stereocenters. The minimum absolute atomic E-state index is 0.0649. The molecule has 1 amide bonds. The second kappa shape index (κ2) is 5.68. The van der Waals surface area contributed by atoms with Gasteiger partial charge in [-0.15, -0.1) is 0 Å². The summed E-state index contributed by atoms with van der Waals surface area (Å²) >= 11 is 0. The summed E-state index contributed by atoms with van der Waals surface area (Å²) in [6, 6.07) is 5.83. The zero-order chi connectivity index (χ0) is 15.0. The van der Waals surface area contributed by atoms with Gasteiger partial charge in [-0.05, 0) is 57.8 Å². The maximum absolute atomic E-state index is 12.7. The van der Waals surface area contributed by atoms with E-state index in [1.54, 1.807) is 12.1 Å². The molecule has 4 nitrogen and oxygen atoms in total. The zero-order valence-electron chi connectivity index (χ0n) is 12.9. The van der Waals surface area contributed by atoms with Crippen LogP contribution in [0.4, 0.5) is 0 Å². The Morgan fingerprint density at radius 2 is 2.10 bits per heavy atom. The summed E-state index contributed by atoms with van der Waals surface area (Å²) in [5.74, 6) is 0.863. The van der Waals surface area contributed by atoms with Crippen molar-refractivity contribution in [2.45, 2.75) is 32.2 Å². The molecule has 2 unspecified atom stereocenters. The van der Waals surface area contributed by atoms with Crippen molar-refractivity contribution in [3.05, 3.63) is 29.3 Å². The van der Waals surface area contributed by atoms with Gasteiger partial charge >= 0.3 is 0 Å². The Labute approximate surface area is 126 Å². The van der Waals surface area contributed by atoms with Crippen LogP contribution in [0.5, 0.6) is 5.75 Å². The molecule has 114 valence electrons. The van der Waals surface area contributed by atoms with E-state index in [1.165, 1.54) is 19.4 Å². The molecule has 1 aromatic carbocycles. The number of carbonyl (C=O) groups excluding carboxylic acids is 1. The van der Waals surface area contributed by atoms with E-state index < -0.39 is 0 Å². The summed E-state index contributed by atoms with van der Waals surface area (Å²) in [4.78, 5) is 17.2. The summed E-state index contributed by atoms with van der Waals surface area (Å²) in [6.07, 6.45) is 3.51. The maximum Gasteiger partial charge on any atom is 0.254 e. The van der Waals surface area contributed by atoms with Crippen molar-refractivity contribution < 1.29 is 9.90 Å². The van der Waals surface area contributed by atoms with Gasteiger partial charge in [-0.3, -0.25) is 4.79 Å². The highest BCUT2D eigenvalue weighted by Crippen LogP contribution is 2.31. The Morgan fingerprint density at radius 1 is 1.29 bits per heavy atom. The van der Waals surface area contributed by atoms with Crippen molar-refractivity contribution in [3.63, 3.8) is 0 Å². The van der Waals surface area contributed by atoms with Gasteiger partial charge < -0.3 is 14.9 Å². The molecule has 21 heavy (non-hydrogen) atoms. The van der Waals surface area contributed by atoms with Gasteiger partial charge in [-0.25, -0.2) is 0 Å². The minimum Gasteiger partial charge on any atom is -0.508 e. The van der Waals surface area contributed by atoms with Crippen LogP contribution in [0.1, 0.15) is 35.2 Å².